The van der Waals surface area contributed by atoms with E-state index in [1.165, 1.54) is 0 Å². The Hall–Kier alpha value is -1.81. The summed E-state index contributed by atoms with van der Waals surface area (Å²) in [6, 6.07) is 7.64. The molecule has 0 saturated carbocycles. The van der Waals surface area contributed by atoms with Gasteiger partial charge in [-0.25, -0.2) is 0 Å². The van der Waals surface area contributed by atoms with E-state index < -0.39 is 5.54 Å². The molecule has 18 heavy (non-hydrogen) atoms. The van der Waals surface area contributed by atoms with Crippen LogP contribution in [0.2, 0.25) is 0 Å². The highest BCUT2D eigenvalue weighted by Gasteiger charge is 2.22. The molecule has 0 aliphatic heterocycles. The van der Waals surface area contributed by atoms with Crippen molar-refractivity contribution in [2.75, 3.05) is 11.9 Å². The van der Waals surface area contributed by atoms with E-state index in [4.69, 9.17) is 10.2 Å². The second kappa shape index (κ2) is 4.46. The molecule has 1 aromatic heterocycles. The summed E-state index contributed by atoms with van der Waals surface area (Å²) in [7, 11) is 1.74. The molecule has 0 saturated heterocycles. The molecular weight excluding hydrogens is 228 g/mol. The number of carbonyl (C=O) groups excluding carboxylic acids is 1. The van der Waals surface area contributed by atoms with Crippen LogP contribution in [-0.2, 0) is 4.79 Å². The van der Waals surface area contributed by atoms with Gasteiger partial charge in [-0.2, -0.15) is 0 Å². The fourth-order valence-electron chi connectivity index (χ4n) is 1.87. The van der Waals surface area contributed by atoms with Gasteiger partial charge >= 0.3 is 0 Å². The number of rotatable bonds is 3. The highest BCUT2D eigenvalue weighted by molar-refractivity contribution is 6.02. The number of furan rings is 1. The molecule has 96 valence electrons. The summed E-state index contributed by atoms with van der Waals surface area (Å²) < 4.78 is 5.43. The molecule has 0 aliphatic rings. The van der Waals surface area contributed by atoms with E-state index in [2.05, 4.69) is 0 Å². The maximum Gasteiger partial charge on any atom is 0.228 e. The van der Waals surface area contributed by atoms with Crippen molar-refractivity contribution >= 4 is 22.6 Å². The fraction of sp³-hybridized carbons (Fsp3) is 0.357. The van der Waals surface area contributed by atoms with Crippen LogP contribution in [-0.4, -0.2) is 18.5 Å². The van der Waals surface area contributed by atoms with Crippen LogP contribution in [0, 0.1) is 0 Å². The molecule has 0 bridgehead atoms. The molecule has 0 unspecified atom stereocenters. The summed E-state index contributed by atoms with van der Waals surface area (Å²) in [6.07, 6.45) is 1.90. The minimum absolute atomic E-state index is 0.0194. The van der Waals surface area contributed by atoms with E-state index in [1.807, 2.05) is 38.1 Å². The van der Waals surface area contributed by atoms with Crippen LogP contribution in [0.15, 0.2) is 34.9 Å². The Morgan fingerprint density at radius 2 is 2.06 bits per heavy atom. The Morgan fingerprint density at radius 1 is 1.39 bits per heavy atom. The van der Waals surface area contributed by atoms with Gasteiger partial charge in [0.2, 0.25) is 5.91 Å². The molecule has 2 rings (SSSR count). The van der Waals surface area contributed by atoms with Crippen LogP contribution < -0.4 is 10.6 Å². The highest BCUT2D eigenvalue weighted by Crippen LogP contribution is 2.28. The molecule has 4 heteroatoms. The van der Waals surface area contributed by atoms with Crippen molar-refractivity contribution in [2.24, 2.45) is 5.73 Å². The molecule has 2 N–H and O–H groups in total. The van der Waals surface area contributed by atoms with Crippen molar-refractivity contribution in [3.63, 3.8) is 0 Å². The zero-order valence-corrected chi connectivity index (χ0v) is 10.9. The maximum atomic E-state index is 12.1. The second-order valence-corrected chi connectivity index (χ2v) is 5.24. The summed E-state index contributed by atoms with van der Waals surface area (Å²) in [6.45, 7) is 3.68. The topological polar surface area (TPSA) is 59.5 Å². The molecule has 0 radical (unpaired) electrons. The van der Waals surface area contributed by atoms with E-state index in [9.17, 15) is 4.79 Å². The molecule has 0 fully saturated rings. The molecule has 1 heterocycles. The van der Waals surface area contributed by atoms with Gasteiger partial charge in [-0.3, -0.25) is 4.79 Å². The van der Waals surface area contributed by atoms with Crippen molar-refractivity contribution in [1.29, 1.82) is 0 Å². The van der Waals surface area contributed by atoms with Crippen LogP contribution in [0.1, 0.15) is 20.3 Å². The molecule has 4 nitrogen and oxygen atoms in total. The smallest absolute Gasteiger partial charge is 0.228 e. The highest BCUT2D eigenvalue weighted by atomic mass is 16.3. The van der Waals surface area contributed by atoms with Crippen molar-refractivity contribution in [1.82, 2.24) is 0 Å². The first-order valence-corrected chi connectivity index (χ1v) is 5.90. The Kier molecular flexibility index (Phi) is 3.13. The van der Waals surface area contributed by atoms with Crippen molar-refractivity contribution in [3.05, 3.63) is 30.5 Å². The monoisotopic (exact) mass is 246 g/mol. The van der Waals surface area contributed by atoms with Gasteiger partial charge in [-0.1, -0.05) is 12.1 Å². The summed E-state index contributed by atoms with van der Waals surface area (Å²) in [5.41, 5.74) is 6.91. The normalized spacial score (nSPS) is 11.8. The van der Waals surface area contributed by atoms with Gasteiger partial charge in [0.1, 0.15) is 11.8 Å². The van der Waals surface area contributed by atoms with Gasteiger partial charge in [0, 0.05) is 24.4 Å². The Bertz CT molecular complexity index is 566. The second-order valence-electron chi connectivity index (χ2n) is 5.24. The zero-order chi connectivity index (χ0) is 13.3. The number of para-hydroxylation sites is 1. The number of hydrogen-bond acceptors (Lipinski definition) is 3. The molecular formula is C14H18N2O2. The standard InChI is InChI=1S/C14H18N2O2/c1-14(2,15)8-13(17)16(3)11-9-18-12-7-5-4-6-10(11)12/h4-7,9H,8,15H2,1-3H3. The number of anilines is 1. The summed E-state index contributed by atoms with van der Waals surface area (Å²) in [5.74, 6) is -0.0194. The van der Waals surface area contributed by atoms with E-state index in [0.717, 1.165) is 16.7 Å². The Morgan fingerprint density at radius 3 is 2.72 bits per heavy atom. The summed E-state index contributed by atoms with van der Waals surface area (Å²) >= 11 is 0. The lowest BCUT2D eigenvalue weighted by molar-refractivity contribution is -0.119. The zero-order valence-electron chi connectivity index (χ0n) is 10.9. The largest absolute Gasteiger partial charge is 0.462 e. The first-order valence-electron chi connectivity index (χ1n) is 5.90. The molecule has 0 spiro atoms. The van der Waals surface area contributed by atoms with E-state index >= 15 is 0 Å². The Balaban J connectivity index is 2.28. The van der Waals surface area contributed by atoms with Crippen molar-refractivity contribution in [2.45, 2.75) is 25.8 Å². The number of benzene rings is 1. The average Bonchev–Trinajstić information content (AvgIpc) is 2.69. The molecule has 1 amide bonds. The van der Waals surface area contributed by atoms with Crippen LogP contribution in [0.25, 0.3) is 11.0 Å². The third kappa shape index (κ3) is 2.54. The lowest BCUT2D eigenvalue weighted by atomic mass is 10.0. The third-order valence-corrected chi connectivity index (χ3v) is 2.80. The molecule has 1 aromatic carbocycles. The molecule has 0 aliphatic carbocycles. The van der Waals surface area contributed by atoms with E-state index in [0.29, 0.717) is 6.42 Å². The summed E-state index contributed by atoms with van der Waals surface area (Å²) in [5, 5.41) is 0.933. The van der Waals surface area contributed by atoms with Crippen LogP contribution in [0.4, 0.5) is 5.69 Å². The number of amides is 1. The lowest BCUT2D eigenvalue weighted by Gasteiger charge is -2.22. The van der Waals surface area contributed by atoms with Gasteiger partial charge in [0.05, 0.1) is 5.69 Å². The Labute approximate surface area is 106 Å². The first kappa shape index (κ1) is 12.6. The van der Waals surface area contributed by atoms with Crippen LogP contribution in [0.3, 0.4) is 0 Å². The van der Waals surface area contributed by atoms with E-state index in [1.54, 1.807) is 18.2 Å². The summed E-state index contributed by atoms with van der Waals surface area (Å²) in [4.78, 5) is 13.7. The average molecular weight is 246 g/mol. The van der Waals surface area contributed by atoms with Gasteiger partial charge in [-0.15, -0.1) is 0 Å². The fourth-order valence-corrected chi connectivity index (χ4v) is 1.87. The van der Waals surface area contributed by atoms with Gasteiger partial charge in [0.15, 0.2) is 0 Å². The number of fused-ring (bicyclic) bond motifs is 1. The number of hydrogen-bond donors (Lipinski definition) is 1. The third-order valence-electron chi connectivity index (χ3n) is 2.80. The quantitative estimate of drug-likeness (QED) is 0.905. The maximum absolute atomic E-state index is 12.1. The van der Waals surface area contributed by atoms with Gasteiger partial charge < -0.3 is 15.1 Å². The van der Waals surface area contributed by atoms with E-state index in [-0.39, 0.29) is 5.91 Å². The minimum atomic E-state index is -0.509. The number of carbonyl (C=O) groups is 1. The molecule has 2 aromatic rings. The van der Waals surface area contributed by atoms with Gasteiger partial charge in [0.25, 0.3) is 0 Å². The van der Waals surface area contributed by atoms with Gasteiger partial charge in [-0.05, 0) is 26.0 Å². The van der Waals surface area contributed by atoms with Crippen LogP contribution in [0.5, 0.6) is 0 Å². The lowest BCUT2D eigenvalue weighted by Crippen LogP contribution is -2.39. The number of nitrogens with zero attached hydrogens (tertiary/aromatic N) is 1. The van der Waals surface area contributed by atoms with Crippen molar-refractivity contribution in [3.8, 4) is 0 Å². The predicted molar refractivity (Wildman–Crippen MR) is 72.5 cm³/mol. The minimum Gasteiger partial charge on any atom is -0.462 e. The molecule has 0 atom stereocenters. The number of nitrogens with two attached hydrogens (primary N) is 1. The predicted octanol–water partition coefficient (Wildman–Crippen LogP) is 2.52. The van der Waals surface area contributed by atoms with Crippen molar-refractivity contribution < 1.29 is 9.21 Å². The SMILES string of the molecule is CN(C(=O)CC(C)(C)N)c1coc2ccccc12. The van der Waals surface area contributed by atoms with Crippen LogP contribution >= 0.6 is 0 Å². The first-order chi connectivity index (χ1) is 8.38.